The van der Waals surface area contributed by atoms with Crippen LogP contribution in [-0.2, 0) is 6.18 Å². The van der Waals surface area contributed by atoms with E-state index in [1.807, 2.05) is 0 Å². The van der Waals surface area contributed by atoms with Crippen LogP contribution in [0.1, 0.15) is 5.56 Å². The van der Waals surface area contributed by atoms with Gasteiger partial charge in [0.25, 0.3) is 5.56 Å². The summed E-state index contributed by atoms with van der Waals surface area (Å²) in [6.07, 6.45) is 0.760. The van der Waals surface area contributed by atoms with Crippen LogP contribution >= 0.6 is 23.4 Å². The van der Waals surface area contributed by atoms with Crippen LogP contribution in [0.5, 0.6) is 11.6 Å². The fourth-order valence-electron chi connectivity index (χ4n) is 4.29. The minimum atomic E-state index is -4.78. The maximum Gasteiger partial charge on any atom is 0.421 e. The minimum Gasteiger partial charge on any atom is -0.438 e. The molecule has 13 heteroatoms. The summed E-state index contributed by atoms with van der Waals surface area (Å²) in [5, 5.41) is 0.758. The number of nitrogens with zero attached hydrogens (tertiary/aromatic N) is 5. The number of halogens is 5. The number of rotatable bonds is 6. The third kappa shape index (κ3) is 5.92. The molecule has 0 aliphatic rings. The third-order valence-corrected chi connectivity index (χ3v) is 7.33. The molecule has 214 valence electrons. The smallest absolute Gasteiger partial charge is 0.421 e. The predicted octanol–water partition coefficient (Wildman–Crippen LogP) is 7.99. The lowest BCUT2D eigenvalue weighted by molar-refractivity contribution is -0.139. The van der Waals surface area contributed by atoms with Crippen LogP contribution in [0.4, 0.5) is 17.6 Å². The van der Waals surface area contributed by atoms with Crippen molar-refractivity contribution >= 4 is 34.3 Å². The molecule has 0 saturated heterocycles. The molecule has 0 spiro atoms. The standard InChI is InChI=1S/C30H16ClF4N5O2S/c31-17-6-8-20(23(32)12-17)27-25(4-3-11-37-27)40-16-39-28(41)21-13-18(7-9-24(21)40)42-29-22(30(33,34)35)14-19(15-38-29)43-26-5-1-2-10-36-26/h1-16H. The Labute approximate surface area is 249 Å². The van der Waals surface area contributed by atoms with Crippen molar-refractivity contribution in [3.8, 4) is 28.6 Å². The molecule has 0 N–H and O–H groups in total. The number of hydrogen-bond acceptors (Lipinski definition) is 7. The molecule has 0 amide bonds. The number of benzene rings is 2. The first-order chi connectivity index (χ1) is 20.7. The average Bonchev–Trinajstić information content (AvgIpc) is 2.99. The Bertz CT molecular complexity index is 2040. The predicted molar refractivity (Wildman–Crippen MR) is 153 cm³/mol. The van der Waals surface area contributed by atoms with Crippen LogP contribution in [0.3, 0.4) is 0 Å². The van der Waals surface area contributed by atoms with Crippen molar-refractivity contribution in [3.63, 3.8) is 0 Å². The van der Waals surface area contributed by atoms with E-state index in [1.54, 1.807) is 30.3 Å². The first-order valence-electron chi connectivity index (χ1n) is 12.4. The third-order valence-electron chi connectivity index (χ3n) is 6.19. The lowest BCUT2D eigenvalue weighted by Crippen LogP contribution is -2.13. The number of hydrogen-bond donors (Lipinski definition) is 0. The molecule has 0 bridgehead atoms. The Morgan fingerprint density at radius 2 is 1.72 bits per heavy atom. The molecule has 0 fully saturated rings. The maximum atomic E-state index is 14.8. The second-order valence-electron chi connectivity index (χ2n) is 8.99. The van der Waals surface area contributed by atoms with E-state index in [-0.39, 0.29) is 32.3 Å². The van der Waals surface area contributed by atoms with Crippen molar-refractivity contribution in [1.29, 1.82) is 0 Å². The van der Waals surface area contributed by atoms with Crippen LogP contribution < -0.4 is 10.3 Å². The van der Waals surface area contributed by atoms with Gasteiger partial charge in [0.1, 0.15) is 28.5 Å². The summed E-state index contributed by atoms with van der Waals surface area (Å²) in [7, 11) is 0. The summed E-state index contributed by atoms with van der Waals surface area (Å²) in [4.78, 5) is 29.3. The Morgan fingerprint density at radius 3 is 2.49 bits per heavy atom. The van der Waals surface area contributed by atoms with Crippen LogP contribution in [0.15, 0.2) is 112 Å². The molecule has 6 aromatic rings. The molecule has 0 unspecified atom stereocenters. The van der Waals surface area contributed by atoms with Crippen LogP contribution in [0.25, 0.3) is 27.8 Å². The lowest BCUT2D eigenvalue weighted by Gasteiger charge is -2.16. The second-order valence-corrected chi connectivity index (χ2v) is 10.5. The monoisotopic (exact) mass is 621 g/mol. The van der Waals surface area contributed by atoms with E-state index in [2.05, 4.69) is 19.9 Å². The van der Waals surface area contributed by atoms with Crippen LogP contribution in [0, 0.1) is 5.82 Å². The molecule has 7 nitrogen and oxygen atoms in total. The van der Waals surface area contributed by atoms with E-state index in [1.165, 1.54) is 59.8 Å². The molecule has 4 aromatic heterocycles. The Balaban J connectivity index is 1.39. The normalized spacial score (nSPS) is 11.6. The molecule has 2 aromatic carbocycles. The van der Waals surface area contributed by atoms with E-state index < -0.39 is 29.0 Å². The summed E-state index contributed by atoms with van der Waals surface area (Å²) in [5.41, 5.74) is -0.583. The molecular weight excluding hydrogens is 606 g/mol. The number of aromatic nitrogens is 5. The summed E-state index contributed by atoms with van der Waals surface area (Å²) in [6.45, 7) is 0. The Morgan fingerprint density at radius 1 is 0.884 bits per heavy atom. The zero-order valence-electron chi connectivity index (χ0n) is 21.6. The SMILES string of the molecule is O=c1ncn(-c2cccnc2-c2ccc(Cl)cc2F)c2ccc(Oc3ncc(Sc4ccccn4)cc3C(F)(F)F)cc12. The van der Waals surface area contributed by atoms with E-state index in [0.29, 0.717) is 16.2 Å². The Kier molecular flexibility index (Phi) is 7.55. The van der Waals surface area contributed by atoms with Crippen molar-refractivity contribution < 1.29 is 22.3 Å². The molecule has 0 radical (unpaired) electrons. The largest absolute Gasteiger partial charge is 0.438 e. The van der Waals surface area contributed by atoms with Crippen molar-refractivity contribution in [2.45, 2.75) is 16.1 Å². The van der Waals surface area contributed by atoms with Crippen molar-refractivity contribution in [3.05, 3.63) is 124 Å². The van der Waals surface area contributed by atoms with Gasteiger partial charge in [-0.1, -0.05) is 29.4 Å². The molecular formula is C30H16ClF4N5O2S. The molecule has 0 aliphatic heterocycles. The highest BCUT2D eigenvalue weighted by Crippen LogP contribution is 2.40. The highest BCUT2D eigenvalue weighted by molar-refractivity contribution is 7.99. The first-order valence-corrected chi connectivity index (χ1v) is 13.6. The first kappa shape index (κ1) is 28.3. The van der Waals surface area contributed by atoms with Gasteiger partial charge in [0.2, 0.25) is 5.88 Å². The summed E-state index contributed by atoms with van der Waals surface area (Å²) in [5.74, 6) is -1.35. The molecule has 0 saturated carbocycles. The second kappa shape index (κ2) is 11.5. The van der Waals surface area contributed by atoms with Gasteiger partial charge >= 0.3 is 6.18 Å². The van der Waals surface area contributed by atoms with E-state index in [9.17, 15) is 22.4 Å². The number of alkyl halides is 3. The van der Waals surface area contributed by atoms with Crippen LogP contribution in [0.2, 0.25) is 5.02 Å². The Hall–Kier alpha value is -4.81. The van der Waals surface area contributed by atoms with Crippen LogP contribution in [-0.4, -0.2) is 24.5 Å². The van der Waals surface area contributed by atoms with Gasteiger partial charge in [-0.15, -0.1) is 0 Å². The number of ether oxygens (including phenoxy) is 1. The maximum absolute atomic E-state index is 14.8. The quantitative estimate of drug-likeness (QED) is 0.174. The summed E-state index contributed by atoms with van der Waals surface area (Å²) < 4.78 is 63.9. The molecule has 0 atom stereocenters. The topological polar surface area (TPSA) is 82.8 Å². The van der Waals surface area contributed by atoms with E-state index in [0.717, 1.165) is 23.9 Å². The average molecular weight is 622 g/mol. The van der Waals surface area contributed by atoms with Gasteiger partial charge in [-0.2, -0.15) is 18.2 Å². The molecule has 6 rings (SSSR count). The van der Waals surface area contributed by atoms with Gasteiger partial charge in [-0.05, 0) is 66.7 Å². The highest BCUT2D eigenvalue weighted by Gasteiger charge is 2.36. The zero-order chi connectivity index (χ0) is 30.1. The fraction of sp³-hybridized carbons (Fsp3) is 0.0333. The lowest BCUT2D eigenvalue weighted by atomic mass is 10.1. The molecule has 4 heterocycles. The van der Waals surface area contributed by atoms with Gasteiger partial charge in [-0.3, -0.25) is 14.3 Å². The molecule has 43 heavy (non-hydrogen) atoms. The van der Waals surface area contributed by atoms with Crippen molar-refractivity contribution in [1.82, 2.24) is 24.5 Å². The van der Waals surface area contributed by atoms with Gasteiger partial charge in [0.15, 0.2) is 0 Å². The van der Waals surface area contributed by atoms with E-state index in [4.69, 9.17) is 16.3 Å². The zero-order valence-corrected chi connectivity index (χ0v) is 23.2. The molecule has 0 aliphatic carbocycles. The fourth-order valence-corrected chi connectivity index (χ4v) is 5.23. The van der Waals surface area contributed by atoms with Crippen molar-refractivity contribution in [2.24, 2.45) is 0 Å². The minimum absolute atomic E-state index is 0.0438. The highest BCUT2D eigenvalue weighted by atomic mass is 35.5. The number of fused-ring (bicyclic) bond motifs is 1. The van der Waals surface area contributed by atoms with Gasteiger partial charge in [-0.25, -0.2) is 14.4 Å². The number of pyridine rings is 3. The van der Waals surface area contributed by atoms with E-state index >= 15 is 0 Å². The van der Waals surface area contributed by atoms with Gasteiger partial charge in [0, 0.05) is 34.1 Å². The summed E-state index contributed by atoms with van der Waals surface area (Å²) in [6, 6.07) is 17.6. The van der Waals surface area contributed by atoms with Crippen molar-refractivity contribution in [2.75, 3.05) is 0 Å². The van der Waals surface area contributed by atoms with Gasteiger partial charge in [0.05, 0.1) is 22.3 Å². The van der Waals surface area contributed by atoms with Gasteiger partial charge < -0.3 is 4.74 Å². The summed E-state index contributed by atoms with van der Waals surface area (Å²) >= 11 is 6.93.